The van der Waals surface area contributed by atoms with Gasteiger partial charge in [0.15, 0.2) is 0 Å². The van der Waals surface area contributed by atoms with E-state index in [1.54, 1.807) is 0 Å². The Kier molecular flexibility index (Phi) is 7.24. The summed E-state index contributed by atoms with van der Waals surface area (Å²) < 4.78 is 5.64. The van der Waals surface area contributed by atoms with Crippen molar-refractivity contribution in [1.82, 2.24) is 0 Å². The van der Waals surface area contributed by atoms with Crippen molar-refractivity contribution in [3.05, 3.63) is 76.2 Å². The number of hydrogen-bond acceptors (Lipinski definition) is 2. The molecule has 132 valence electrons. The van der Waals surface area contributed by atoms with Gasteiger partial charge in [-0.1, -0.05) is 64.1 Å². The first kappa shape index (κ1) is 19.2. The van der Waals surface area contributed by atoms with Crippen molar-refractivity contribution in [3.8, 4) is 0 Å². The summed E-state index contributed by atoms with van der Waals surface area (Å²) in [5.74, 6) is -0.213. The Morgan fingerprint density at radius 2 is 1.64 bits per heavy atom. The minimum Gasteiger partial charge on any atom is -0.457 e. The number of carbonyl (C=O) groups excluding carboxylic acids is 1. The van der Waals surface area contributed by atoms with Crippen LogP contribution in [0.25, 0.3) is 0 Å². The smallest absolute Gasteiger partial charge is 0.339 e. The Morgan fingerprint density at radius 3 is 2.20 bits per heavy atom. The molecule has 2 aromatic rings. The maximum atomic E-state index is 12.9. The molecule has 0 N–H and O–H groups in total. The fourth-order valence-corrected chi connectivity index (χ4v) is 3.31. The molecule has 25 heavy (non-hydrogen) atoms. The molecule has 2 radical (unpaired) electrons. The van der Waals surface area contributed by atoms with E-state index in [9.17, 15) is 4.79 Å². The van der Waals surface area contributed by atoms with E-state index in [1.807, 2.05) is 30.3 Å². The zero-order valence-corrected chi connectivity index (χ0v) is 15.8. The quantitative estimate of drug-likeness (QED) is 0.589. The molecule has 0 aliphatic rings. The van der Waals surface area contributed by atoms with Crippen molar-refractivity contribution in [2.75, 3.05) is 0 Å². The second kappa shape index (κ2) is 9.41. The highest BCUT2D eigenvalue weighted by Crippen LogP contribution is 2.28. The highest BCUT2D eigenvalue weighted by Gasteiger charge is 2.21. The van der Waals surface area contributed by atoms with Gasteiger partial charge in [-0.3, -0.25) is 0 Å². The van der Waals surface area contributed by atoms with Gasteiger partial charge in [-0.15, -0.1) is 0 Å². The summed E-state index contributed by atoms with van der Waals surface area (Å²) in [5, 5.41) is 0. The van der Waals surface area contributed by atoms with E-state index in [0.717, 1.165) is 53.5 Å². The fourth-order valence-electron chi connectivity index (χ4n) is 3.31. The average molecular weight is 336 g/mol. The van der Waals surface area contributed by atoms with Crippen LogP contribution in [0.1, 0.15) is 72.3 Å². The largest absolute Gasteiger partial charge is 0.457 e. The molecule has 0 saturated carbocycles. The van der Waals surface area contributed by atoms with Gasteiger partial charge in [-0.05, 0) is 53.5 Å². The van der Waals surface area contributed by atoms with Crippen LogP contribution in [-0.2, 0) is 30.6 Å². The van der Waals surface area contributed by atoms with Gasteiger partial charge in [0.2, 0.25) is 0 Å². The lowest BCUT2D eigenvalue weighted by atomic mass is 9.86. The summed E-state index contributed by atoms with van der Waals surface area (Å²) in [6, 6.07) is 11.9. The Labute approximate surface area is 152 Å². The molecule has 0 aliphatic carbocycles. The molecule has 2 heteroatoms. The monoisotopic (exact) mass is 336 g/mol. The standard InChI is InChI=1S/C23H28O2/c1-5-12-19-15-18(6-2)22(21(8-4)20(19)7-3)23(24)25-16-17-13-10-9-11-14-17/h9-11,13-15H,5-8,16H2,1-4H3. The second-order valence-corrected chi connectivity index (χ2v) is 6.07. The number of ether oxygens (including phenoxy) is 1. The van der Waals surface area contributed by atoms with Gasteiger partial charge in [-0.2, -0.15) is 0 Å². The first-order chi connectivity index (χ1) is 12.2. The van der Waals surface area contributed by atoms with Crippen molar-refractivity contribution in [1.29, 1.82) is 0 Å². The van der Waals surface area contributed by atoms with Gasteiger partial charge in [0.1, 0.15) is 6.61 Å². The number of hydrogen-bond donors (Lipinski definition) is 0. The lowest BCUT2D eigenvalue weighted by molar-refractivity contribution is 0.0470. The Morgan fingerprint density at radius 1 is 0.960 bits per heavy atom. The van der Waals surface area contributed by atoms with Gasteiger partial charge in [-0.25, -0.2) is 4.79 Å². The summed E-state index contributed by atoms with van der Waals surface area (Å²) >= 11 is 0. The number of benzene rings is 2. The van der Waals surface area contributed by atoms with E-state index in [2.05, 4.69) is 40.2 Å². The number of carbonyl (C=O) groups is 1. The van der Waals surface area contributed by atoms with Gasteiger partial charge < -0.3 is 4.74 Å². The molecule has 2 rings (SSSR count). The maximum absolute atomic E-state index is 12.9. The molecule has 2 aromatic carbocycles. The summed E-state index contributed by atoms with van der Waals surface area (Å²) in [4.78, 5) is 12.9. The topological polar surface area (TPSA) is 26.3 Å². The molecule has 2 nitrogen and oxygen atoms in total. The SMILES string of the molecule is CC[C]c1cc(CC)c(C(=O)OCc2ccccc2)c(CC)c1CC. The van der Waals surface area contributed by atoms with E-state index in [4.69, 9.17) is 4.74 Å². The lowest BCUT2D eigenvalue weighted by Gasteiger charge is -2.20. The molecule has 0 heterocycles. The molecular formula is C23H28O2. The van der Waals surface area contributed by atoms with Gasteiger partial charge >= 0.3 is 5.97 Å². The molecular weight excluding hydrogens is 308 g/mol. The lowest BCUT2D eigenvalue weighted by Crippen LogP contribution is -2.15. The van der Waals surface area contributed by atoms with Crippen LogP contribution >= 0.6 is 0 Å². The minimum absolute atomic E-state index is 0.213. The predicted octanol–water partition coefficient (Wildman–Crippen LogP) is 5.57. The molecule has 0 saturated heterocycles. The van der Waals surface area contributed by atoms with Crippen molar-refractivity contribution >= 4 is 5.97 Å². The van der Waals surface area contributed by atoms with Crippen LogP contribution in [0.15, 0.2) is 36.4 Å². The van der Waals surface area contributed by atoms with Gasteiger partial charge in [0.05, 0.1) is 5.56 Å². The zero-order chi connectivity index (χ0) is 18.2. The van der Waals surface area contributed by atoms with Crippen LogP contribution in [0.3, 0.4) is 0 Å². The molecule has 0 bridgehead atoms. The first-order valence-electron chi connectivity index (χ1n) is 9.28. The molecule has 0 aliphatic heterocycles. The zero-order valence-electron chi connectivity index (χ0n) is 15.8. The van der Waals surface area contributed by atoms with Crippen LogP contribution in [0, 0.1) is 6.42 Å². The third-order valence-electron chi connectivity index (χ3n) is 4.50. The summed E-state index contributed by atoms with van der Waals surface area (Å²) in [6.45, 7) is 8.74. The van der Waals surface area contributed by atoms with Gasteiger partial charge in [0, 0.05) is 6.42 Å². The van der Waals surface area contributed by atoms with Crippen LogP contribution in [0.5, 0.6) is 0 Å². The molecule has 0 aromatic heterocycles. The number of aryl methyl sites for hydroxylation is 1. The van der Waals surface area contributed by atoms with Crippen molar-refractivity contribution < 1.29 is 9.53 Å². The van der Waals surface area contributed by atoms with E-state index in [0.29, 0.717) is 6.61 Å². The molecule has 0 fully saturated rings. The summed E-state index contributed by atoms with van der Waals surface area (Å²) in [6.07, 6.45) is 6.85. The molecule has 0 unspecified atom stereocenters. The van der Waals surface area contributed by atoms with Crippen LogP contribution < -0.4 is 0 Å². The van der Waals surface area contributed by atoms with E-state index < -0.39 is 0 Å². The highest BCUT2D eigenvalue weighted by molar-refractivity contribution is 5.93. The van der Waals surface area contributed by atoms with Crippen LogP contribution in [0.4, 0.5) is 0 Å². The highest BCUT2D eigenvalue weighted by atomic mass is 16.5. The van der Waals surface area contributed by atoms with Crippen molar-refractivity contribution in [2.24, 2.45) is 0 Å². The third-order valence-corrected chi connectivity index (χ3v) is 4.50. The van der Waals surface area contributed by atoms with Gasteiger partial charge in [0.25, 0.3) is 0 Å². The van der Waals surface area contributed by atoms with E-state index >= 15 is 0 Å². The molecule has 0 amide bonds. The molecule has 0 spiro atoms. The summed E-state index contributed by atoms with van der Waals surface area (Å²) in [7, 11) is 0. The van der Waals surface area contributed by atoms with Crippen LogP contribution in [-0.4, -0.2) is 5.97 Å². The third kappa shape index (κ3) is 4.50. The minimum atomic E-state index is -0.213. The van der Waals surface area contributed by atoms with Crippen LogP contribution in [0.2, 0.25) is 0 Å². The van der Waals surface area contributed by atoms with Crippen molar-refractivity contribution in [3.63, 3.8) is 0 Å². The second-order valence-electron chi connectivity index (χ2n) is 6.07. The van der Waals surface area contributed by atoms with E-state index in [-0.39, 0.29) is 5.97 Å². The van der Waals surface area contributed by atoms with Crippen molar-refractivity contribution in [2.45, 2.75) is 60.0 Å². The molecule has 0 atom stereocenters. The Hall–Kier alpha value is -2.09. The first-order valence-corrected chi connectivity index (χ1v) is 9.28. The fraction of sp³-hybridized carbons (Fsp3) is 0.391. The average Bonchev–Trinajstić information content (AvgIpc) is 2.65. The maximum Gasteiger partial charge on any atom is 0.339 e. The normalized spacial score (nSPS) is 10.7. The Bertz CT molecular complexity index is 702. The Balaban J connectivity index is 2.38. The summed E-state index contributed by atoms with van der Waals surface area (Å²) in [5.41, 5.74) is 6.33. The number of rotatable bonds is 8. The van der Waals surface area contributed by atoms with E-state index in [1.165, 1.54) is 5.56 Å². The number of esters is 1. The predicted molar refractivity (Wildman–Crippen MR) is 103 cm³/mol.